The maximum atomic E-state index is 15.3. The van der Waals surface area contributed by atoms with Gasteiger partial charge in [0, 0.05) is 35.1 Å². The summed E-state index contributed by atoms with van der Waals surface area (Å²) in [4.78, 5) is 8.22. The number of benzene rings is 1. The molecule has 0 bridgehead atoms. The van der Waals surface area contributed by atoms with Crippen molar-refractivity contribution < 1.29 is 13.5 Å². The first-order chi connectivity index (χ1) is 13.6. The van der Waals surface area contributed by atoms with Gasteiger partial charge < -0.3 is 0 Å². The zero-order valence-corrected chi connectivity index (χ0v) is 14.4. The van der Waals surface area contributed by atoms with E-state index in [9.17, 15) is 0 Å². The number of pyridine rings is 2. The van der Waals surface area contributed by atoms with Crippen LogP contribution in [0.25, 0.3) is 10.9 Å². The fourth-order valence-corrected chi connectivity index (χ4v) is 3.16. The molecule has 4 heterocycles. The second-order valence-electron chi connectivity index (χ2n) is 6.37. The van der Waals surface area contributed by atoms with E-state index in [0.29, 0.717) is 16.6 Å². The van der Waals surface area contributed by atoms with Gasteiger partial charge in [-0.3, -0.25) is 9.97 Å². The predicted molar refractivity (Wildman–Crippen MR) is 99.5 cm³/mol. The molecule has 136 valence electrons. The first-order valence-electron chi connectivity index (χ1n) is 8.61. The van der Waals surface area contributed by atoms with Gasteiger partial charge in [0.05, 0.1) is 10.6 Å². The highest BCUT2D eigenvalue weighted by atomic mass is 19.3. The Morgan fingerprint density at radius 2 is 1.93 bits per heavy atom. The number of hydrazone groups is 1. The van der Waals surface area contributed by atoms with Crippen molar-refractivity contribution in [2.45, 2.75) is 12.1 Å². The van der Waals surface area contributed by atoms with E-state index in [-0.39, 0.29) is 5.56 Å². The molecular weight excluding hydrogens is 362 g/mol. The molecule has 3 aromatic rings. The number of nitrogens with zero attached hydrogens (tertiary/aromatic N) is 6. The monoisotopic (exact) mass is 375 g/mol. The maximum Gasteiger partial charge on any atom is 0.423 e. The third-order valence-corrected chi connectivity index (χ3v) is 4.58. The van der Waals surface area contributed by atoms with Crippen LogP contribution in [0.1, 0.15) is 11.1 Å². The predicted octanol–water partition coefficient (Wildman–Crippen LogP) is 3.90. The van der Waals surface area contributed by atoms with Crippen LogP contribution < -0.4 is 0 Å². The molecule has 1 atom stereocenters. The number of alkyl halides is 2. The van der Waals surface area contributed by atoms with Crippen LogP contribution in [0.4, 0.5) is 8.78 Å². The number of allylic oxidation sites excluding steroid dienone is 1. The molecule has 0 aliphatic carbocycles. The van der Waals surface area contributed by atoms with Crippen LogP contribution in [0.5, 0.6) is 0 Å². The molecule has 0 spiro atoms. The van der Waals surface area contributed by atoms with Crippen LogP contribution >= 0.6 is 0 Å². The van der Waals surface area contributed by atoms with Crippen molar-refractivity contribution in [3.05, 3.63) is 84.3 Å². The number of amidine groups is 1. The molecule has 2 aliphatic heterocycles. The van der Waals surface area contributed by atoms with Gasteiger partial charge in [0.2, 0.25) is 0 Å². The van der Waals surface area contributed by atoms with E-state index in [1.54, 1.807) is 55.0 Å². The summed E-state index contributed by atoms with van der Waals surface area (Å²) in [6.45, 7) is 0. The minimum atomic E-state index is -3.36. The van der Waals surface area contributed by atoms with Gasteiger partial charge in [-0.2, -0.15) is 8.78 Å². The van der Waals surface area contributed by atoms with E-state index in [2.05, 4.69) is 25.3 Å². The summed E-state index contributed by atoms with van der Waals surface area (Å²) in [5.74, 6) is -3.87. The number of fused-ring (bicyclic) bond motifs is 2. The van der Waals surface area contributed by atoms with Crippen LogP contribution in [0.3, 0.4) is 0 Å². The third kappa shape index (κ3) is 2.61. The molecular formula is C20H13F2N6+. The lowest BCUT2D eigenvalue weighted by Crippen LogP contribution is -2.33. The Kier molecular flexibility index (Phi) is 3.65. The van der Waals surface area contributed by atoms with Crippen LogP contribution in [0.2, 0.25) is 0 Å². The summed E-state index contributed by atoms with van der Waals surface area (Å²) in [7, 11) is 0. The van der Waals surface area contributed by atoms with E-state index >= 15 is 8.78 Å². The lowest BCUT2D eigenvalue weighted by atomic mass is 10.0. The van der Waals surface area contributed by atoms with Gasteiger partial charge in [-0.15, -0.1) is 0 Å². The third-order valence-electron chi connectivity index (χ3n) is 4.58. The van der Waals surface area contributed by atoms with Gasteiger partial charge in [-0.25, -0.2) is 0 Å². The Balaban J connectivity index is 1.61. The number of hydrogen-bond donors (Lipinski definition) is 0. The molecule has 1 unspecified atom stereocenters. The van der Waals surface area contributed by atoms with Crippen LogP contribution in [-0.4, -0.2) is 32.4 Å². The van der Waals surface area contributed by atoms with Crippen molar-refractivity contribution in [3.63, 3.8) is 0 Å². The molecule has 0 radical (unpaired) electrons. The lowest BCUT2D eigenvalue weighted by molar-refractivity contribution is -0.559. The molecule has 0 saturated heterocycles. The number of aromatic nitrogens is 2. The lowest BCUT2D eigenvalue weighted by Gasteiger charge is -2.14. The Hall–Kier alpha value is -3.68. The van der Waals surface area contributed by atoms with Crippen LogP contribution in [0.15, 0.2) is 88.5 Å². The Morgan fingerprint density at radius 1 is 1.04 bits per heavy atom. The molecule has 1 aromatic carbocycles. The molecule has 8 heteroatoms. The molecule has 2 aliphatic rings. The minimum absolute atomic E-state index is 0.185. The molecule has 0 amide bonds. The first-order valence-corrected chi connectivity index (χ1v) is 8.61. The number of halogens is 2. The summed E-state index contributed by atoms with van der Waals surface area (Å²) in [5.41, 5.74) is 1.71. The SMILES string of the molecule is FC(F)(C1=[N+]2N=C(c3cccnc3)C=CC2N=N1)c1ccc2ncccc2c1. The molecule has 5 rings (SSSR count). The minimum Gasteiger partial charge on any atom is -0.264 e. The van der Waals surface area contributed by atoms with Crippen molar-refractivity contribution in [2.75, 3.05) is 0 Å². The fourth-order valence-electron chi connectivity index (χ4n) is 3.16. The maximum absolute atomic E-state index is 15.3. The molecule has 0 fully saturated rings. The number of hydrogen-bond acceptors (Lipinski definition) is 5. The Bertz CT molecular complexity index is 1200. The van der Waals surface area contributed by atoms with E-state index in [0.717, 1.165) is 10.2 Å². The second kappa shape index (κ2) is 6.19. The van der Waals surface area contributed by atoms with Crippen molar-refractivity contribution in [1.82, 2.24) is 9.97 Å². The first kappa shape index (κ1) is 16.5. The van der Waals surface area contributed by atoms with Gasteiger partial charge in [0.15, 0.2) is 0 Å². The van der Waals surface area contributed by atoms with Gasteiger partial charge in [0.25, 0.3) is 6.17 Å². The zero-order valence-electron chi connectivity index (χ0n) is 14.4. The molecule has 28 heavy (non-hydrogen) atoms. The van der Waals surface area contributed by atoms with Gasteiger partial charge in [-0.05, 0) is 47.6 Å². The number of azo groups is 1. The van der Waals surface area contributed by atoms with Crippen molar-refractivity contribution >= 4 is 22.5 Å². The fraction of sp³-hybridized carbons (Fsp3) is 0.100. The van der Waals surface area contributed by atoms with Crippen LogP contribution in [0, 0.1) is 0 Å². The summed E-state index contributed by atoms with van der Waals surface area (Å²) in [5, 5.41) is 12.7. The van der Waals surface area contributed by atoms with Gasteiger partial charge in [0.1, 0.15) is 5.71 Å². The average molecular weight is 375 g/mol. The highest BCUT2D eigenvalue weighted by Gasteiger charge is 2.52. The molecule has 6 nitrogen and oxygen atoms in total. The van der Waals surface area contributed by atoms with Crippen molar-refractivity contribution in [3.8, 4) is 0 Å². The largest absolute Gasteiger partial charge is 0.423 e. The summed E-state index contributed by atoms with van der Waals surface area (Å²) < 4.78 is 31.8. The smallest absolute Gasteiger partial charge is 0.264 e. The van der Waals surface area contributed by atoms with Crippen LogP contribution in [-0.2, 0) is 5.92 Å². The highest BCUT2D eigenvalue weighted by molar-refractivity contribution is 6.08. The van der Waals surface area contributed by atoms with Gasteiger partial charge >= 0.3 is 11.8 Å². The molecule has 0 saturated carbocycles. The van der Waals surface area contributed by atoms with Crippen molar-refractivity contribution in [2.24, 2.45) is 15.3 Å². The van der Waals surface area contributed by atoms with E-state index < -0.39 is 17.9 Å². The quantitative estimate of drug-likeness (QED) is 0.652. The summed E-state index contributed by atoms with van der Waals surface area (Å²) >= 11 is 0. The number of rotatable bonds is 3. The van der Waals surface area contributed by atoms with Gasteiger partial charge in [-0.1, -0.05) is 21.9 Å². The highest BCUT2D eigenvalue weighted by Crippen LogP contribution is 2.35. The Morgan fingerprint density at radius 3 is 2.79 bits per heavy atom. The summed E-state index contributed by atoms with van der Waals surface area (Å²) in [6, 6.07) is 11.4. The van der Waals surface area contributed by atoms with E-state index in [1.807, 2.05) is 6.07 Å². The normalized spacial score (nSPS) is 18.5. The van der Waals surface area contributed by atoms with Crippen molar-refractivity contribution in [1.29, 1.82) is 0 Å². The Labute approximate surface area is 158 Å². The second-order valence-corrected chi connectivity index (χ2v) is 6.37. The van der Waals surface area contributed by atoms with E-state index in [4.69, 9.17) is 0 Å². The average Bonchev–Trinajstić information content (AvgIpc) is 3.18. The topological polar surface area (TPSA) is 65.9 Å². The standard InChI is InChI=1S/C20H13F2N6/c21-20(22,15-5-6-16-13(11-15)3-2-10-24-16)19-26-25-18-8-7-17(27-28(18)19)14-4-1-9-23-12-14/h1-12,18H/q+1. The molecule has 2 aromatic heterocycles. The summed E-state index contributed by atoms with van der Waals surface area (Å²) in [6.07, 6.45) is 7.64. The zero-order chi connectivity index (χ0) is 19.1. The van der Waals surface area contributed by atoms with E-state index in [1.165, 1.54) is 12.1 Å². The molecule has 0 N–H and O–H groups in total.